The predicted octanol–water partition coefficient (Wildman–Crippen LogP) is 0.419. The van der Waals surface area contributed by atoms with Crippen LogP contribution >= 0.6 is 0 Å². The van der Waals surface area contributed by atoms with Crippen molar-refractivity contribution in [3.8, 4) is 0 Å². The van der Waals surface area contributed by atoms with Crippen molar-refractivity contribution in [1.82, 2.24) is 9.21 Å². The molecule has 1 heterocycles. The molecule has 6 nitrogen and oxygen atoms in total. The zero-order valence-corrected chi connectivity index (χ0v) is 12.3. The highest BCUT2D eigenvalue weighted by Gasteiger charge is 2.27. The Balaban J connectivity index is 2.63. The van der Waals surface area contributed by atoms with Gasteiger partial charge in [-0.25, -0.2) is 17.7 Å². The van der Waals surface area contributed by atoms with Crippen LogP contribution < -0.4 is 0 Å². The highest BCUT2D eigenvalue weighted by Crippen LogP contribution is 2.17. The lowest BCUT2D eigenvalue weighted by molar-refractivity contribution is 0.231. The molecule has 7 heteroatoms. The zero-order chi connectivity index (χ0) is 13.8. The summed E-state index contributed by atoms with van der Waals surface area (Å²) < 4.78 is 24.4. The third-order valence-corrected chi connectivity index (χ3v) is 4.50. The molecule has 0 aromatic carbocycles. The van der Waals surface area contributed by atoms with Crippen LogP contribution in [0.4, 0.5) is 0 Å². The minimum atomic E-state index is -3.06. The average molecular weight is 274 g/mol. The fraction of sp³-hybridized carbons (Fsp3) is 0.818. The van der Waals surface area contributed by atoms with Crippen molar-refractivity contribution in [2.45, 2.75) is 25.8 Å². The highest BCUT2D eigenvalue weighted by atomic mass is 32.2. The Kier molecular flexibility index (Phi) is 5.28. The summed E-state index contributed by atoms with van der Waals surface area (Å²) in [5.41, 5.74) is 0. The van der Waals surface area contributed by atoms with Crippen molar-refractivity contribution in [2.75, 3.05) is 33.4 Å². The van der Waals surface area contributed by atoms with Crippen molar-refractivity contribution in [3.63, 3.8) is 0 Å². The number of guanidine groups is 1. The van der Waals surface area contributed by atoms with Crippen LogP contribution in [0.5, 0.6) is 0 Å². The molecule has 0 spiro atoms. The van der Waals surface area contributed by atoms with Gasteiger partial charge in [0.05, 0.1) is 6.26 Å². The van der Waals surface area contributed by atoms with Crippen LogP contribution in [0.25, 0.3) is 0 Å². The van der Waals surface area contributed by atoms with Gasteiger partial charge in [0.2, 0.25) is 16.0 Å². The topological polar surface area (TPSA) is 65.3 Å². The standard InChI is InChI=1S/C11H22N4O2S/c1-5-13-11(12-2)14(3)10-6-8-15(9-7-10)18(4,16)17/h5,10H,6-9H2,1-4H3/b12-11+,13-5-. The summed E-state index contributed by atoms with van der Waals surface area (Å²) in [6, 6.07) is 0.297. The molecule has 0 bridgehead atoms. The molecule has 0 radical (unpaired) electrons. The summed E-state index contributed by atoms with van der Waals surface area (Å²) in [6.07, 6.45) is 4.59. The third kappa shape index (κ3) is 3.78. The third-order valence-electron chi connectivity index (χ3n) is 3.20. The van der Waals surface area contributed by atoms with Crippen LogP contribution in [0.3, 0.4) is 0 Å². The van der Waals surface area contributed by atoms with Crippen LogP contribution in [0, 0.1) is 0 Å². The lowest BCUT2D eigenvalue weighted by atomic mass is 10.1. The van der Waals surface area contributed by atoms with Gasteiger partial charge in [-0.2, -0.15) is 0 Å². The van der Waals surface area contributed by atoms with E-state index in [0.29, 0.717) is 25.1 Å². The minimum Gasteiger partial charge on any atom is -0.341 e. The van der Waals surface area contributed by atoms with Gasteiger partial charge in [-0.3, -0.25) is 4.99 Å². The highest BCUT2D eigenvalue weighted by molar-refractivity contribution is 7.88. The number of hydrogen-bond donors (Lipinski definition) is 0. The van der Waals surface area contributed by atoms with Gasteiger partial charge in [-0.1, -0.05) is 0 Å². The maximum Gasteiger partial charge on any atom is 0.219 e. The van der Waals surface area contributed by atoms with Gasteiger partial charge in [0, 0.05) is 39.4 Å². The fourth-order valence-corrected chi connectivity index (χ4v) is 3.02. The van der Waals surface area contributed by atoms with E-state index in [1.165, 1.54) is 10.6 Å². The lowest BCUT2D eigenvalue weighted by Crippen LogP contribution is -2.46. The molecule has 0 atom stereocenters. The van der Waals surface area contributed by atoms with E-state index in [0.717, 1.165) is 12.8 Å². The maximum absolute atomic E-state index is 11.4. The summed E-state index contributed by atoms with van der Waals surface area (Å²) in [6.45, 7) is 2.99. The van der Waals surface area contributed by atoms with Crippen molar-refractivity contribution in [1.29, 1.82) is 0 Å². The number of sulfonamides is 1. The van der Waals surface area contributed by atoms with Crippen molar-refractivity contribution >= 4 is 22.2 Å². The van der Waals surface area contributed by atoms with Crippen molar-refractivity contribution in [2.24, 2.45) is 9.98 Å². The van der Waals surface area contributed by atoms with E-state index in [1.54, 1.807) is 13.3 Å². The van der Waals surface area contributed by atoms with Crippen LogP contribution in [-0.2, 0) is 10.0 Å². The number of piperidine rings is 1. The van der Waals surface area contributed by atoms with Crippen molar-refractivity contribution < 1.29 is 8.42 Å². The Morgan fingerprint density at radius 3 is 2.33 bits per heavy atom. The number of nitrogens with zero attached hydrogens (tertiary/aromatic N) is 4. The molecule has 18 heavy (non-hydrogen) atoms. The second kappa shape index (κ2) is 6.29. The summed E-state index contributed by atoms with van der Waals surface area (Å²) in [7, 11) is 0.611. The quantitative estimate of drug-likeness (QED) is 0.541. The Bertz CT molecular complexity index is 422. The summed E-state index contributed by atoms with van der Waals surface area (Å²) in [5, 5.41) is 0. The maximum atomic E-state index is 11.4. The van der Waals surface area contributed by atoms with Crippen LogP contribution in [0.1, 0.15) is 19.8 Å². The molecule has 0 aliphatic carbocycles. The number of aliphatic imine (C=N–C) groups is 2. The Morgan fingerprint density at radius 2 is 1.94 bits per heavy atom. The first-order valence-electron chi connectivity index (χ1n) is 6.03. The number of rotatable bonds is 2. The lowest BCUT2D eigenvalue weighted by Gasteiger charge is -2.35. The molecule has 1 saturated heterocycles. The van der Waals surface area contributed by atoms with Gasteiger partial charge in [-0.05, 0) is 19.8 Å². The Hall–Kier alpha value is -0.950. The van der Waals surface area contributed by atoms with Crippen molar-refractivity contribution in [3.05, 3.63) is 0 Å². The van der Waals surface area contributed by atoms with Gasteiger partial charge in [0.15, 0.2) is 0 Å². The second-order valence-corrected chi connectivity index (χ2v) is 6.40. The van der Waals surface area contributed by atoms with Gasteiger partial charge in [0.25, 0.3) is 0 Å². The van der Waals surface area contributed by atoms with E-state index < -0.39 is 10.0 Å². The SMILES string of the molecule is C/C=N\C(=N/C)N(C)C1CCN(S(C)(=O)=O)CC1. The van der Waals surface area contributed by atoms with Gasteiger partial charge in [0.1, 0.15) is 0 Å². The Morgan fingerprint density at radius 1 is 1.39 bits per heavy atom. The molecular weight excluding hydrogens is 252 g/mol. The van der Waals surface area contributed by atoms with Gasteiger partial charge in [-0.15, -0.1) is 0 Å². The summed E-state index contributed by atoms with van der Waals surface area (Å²) >= 11 is 0. The van der Waals surface area contributed by atoms with Crippen LogP contribution in [-0.4, -0.2) is 69.3 Å². The van der Waals surface area contributed by atoms with Crippen LogP contribution in [0.2, 0.25) is 0 Å². The Labute approximate surface area is 109 Å². The van der Waals surface area contributed by atoms with E-state index in [-0.39, 0.29) is 0 Å². The normalized spacial score (nSPS) is 20.6. The van der Waals surface area contributed by atoms with Gasteiger partial charge < -0.3 is 4.90 Å². The molecule has 1 aliphatic heterocycles. The molecule has 0 amide bonds. The molecule has 104 valence electrons. The molecule has 1 fully saturated rings. The minimum absolute atomic E-state index is 0.297. The largest absolute Gasteiger partial charge is 0.341 e. The summed E-state index contributed by atoms with van der Waals surface area (Å²) in [5.74, 6) is 0.690. The van der Waals surface area contributed by atoms with Crippen LogP contribution in [0.15, 0.2) is 9.98 Å². The van der Waals surface area contributed by atoms with E-state index >= 15 is 0 Å². The molecular formula is C11H22N4O2S. The van der Waals surface area contributed by atoms with E-state index in [4.69, 9.17) is 0 Å². The molecule has 1 rings (SSSR count). The first kappa shape index (κ1) is 15.1. The van der Waals surface area contributed by atoms with E-state index in [2.05, 4.69) is 9.98 Å². The first-order chi connectivity index (χ1) is 8.40. The molecule has 0 N–H and O–H groups in total. The second-order valence-electron chi connectivity index (χ2n) is 4.42. The van der Waals surface area contributed by atoms with E-state index in [9.17, 15) is 8.42 Å². The monoisotopic (exact) mass is 274 g/mol. The molecule has 0 saturated carbocycles. The first-order valence-corrected chi connectivity index (χ1v) is 7.88. The molecule has 1 aliphatic rings. The smallest absolute Gasteiger partial charge is 0.219 e. The van der Waals surface area contributed by atoms with Gasteiger partial charge >= 0.3 is 0 Å². The fourth-order valence-electron chi connectivity index (χ4n) is 2.15. The molecule has 0 aromatic rings. The molecule has 0 unspecified atom stereocenters. The number of hydrogen-bond acceptors (Lipinski definition) is 3. The average Bonchev–Trinajstić information content (AvgIpc) is 2.34. The molecule has 0 aromatic heterocycles. The zero-order valence-electron chi connectivity index (χ0n) is 11.5. The summed E-state index contributed by atoms with van der Waals surface area (Å²) in [4.78, 5) is 10.4. The van der Waals surface area contributed by atoms with E-state index in [1.807, 2.05) is 18.9 Å². The predicted molar refractivity (Wildman–Crippen MR) is 74.7 cm³/mol.